The fourth-order valence-corrected chi connectivity index (χ4v) is 2.16. The number of halogens is 13. The molecule has 0 aliphatic heterocycles. The van der Waals surface area contributed by atoms with Crippen LogP contribution in [-0.4, -0.2) is 0 Å². The van der Waals surface area contributed by atoms with Crippen LogP contribution in [0.1, 0.15) is 0 Å². The van der Waals surface area contributed by atoms with Gasteiger partial charge in [-0.2, -0.15) is 39.5 Å². The number of hydrogen-bond donors (Lipinski definition) is 0. The fourth-order valence-electron chi connectivity index (χ4n) is 0.886. The zero-order valence-corrected chi connectivity index (χ0v) is 11.3. The van der Waals surface area contributed by atoms with E-state index in [0.717, 1.165) is 0 Å². The van der Waals surface area contributed by atoms with Crippen LogP contribution in [0, 0.1) is 0 Å². The maximum Gasteiger partial charge on any atom is 0.308 e. The lowest BCUT2D eigenvalue weighted by atomic mass is 10.5. The molecular formula is C10F13P. The minimum Gasteiger partial charge on any atom is -0.202 e. The van der Waals surface area contributed by atoms with E-state index in [2.05, 4.69) is 0 Å². The summed E-state index contributed by atoms with van der Waals surface area (Å²) in [5.41, 5.74) is -10.1. The maximum absolute atomic E-state index is 13.3. The largest absolute Gasteiger partial charge is 0.308 e. The Bertz CT molecular complexity index is 610. The Labute approximate surface area is 124 Å². The lowest BCUT2D eigenvalue weighted by Gasteiger charge is -2.12. The Kier molecular flexibility index (Phi) is 8.24. The van der Waals surface area contributed by atoms with Crippen molar-refractivity contribution in [2.24, 2.45) is 0 Å². The summed E-state index contributed by atoms with van der Waals surface area (Å²) in [5.74, 6) is -13.6. The Hall–Kier alpha value is -1.78. The van der Waals surface area contributed by atoms with Crippen molar-refractivity contribution in [1.82, 2.24) is 0 Å². The van der Waals surface area contributed by atoms with Gasteiger partial charge in [-0.1, -0.05) is 0 Å². The standard InChI is InChI=1S/C10F13P/c11-1(5(15)16)3(13)8(21)24(10(23)7(19)20)9(22)4(14)2(12)6(17)18/b8-3-,9-4-. The van der Waals surface area contributed by atoms with E-state index < -0.39 is 66.2 Å². The van der Waals surface area contributed by atoms with Crippen LogP contribution in [-0.2, 0) is 0 Å². The highest BCUT2D eigenvalue weighted by molar-refractivity contribution is 7.69. The lowest BCUT2D eigenvalue weighted by molar-refractivity contribution is 0.367. The second-order valence-corrected chi connectivity index (χ2v) is 5.09. The average Bonchev–Trinajstić information content (AvgIpc) is 2.50. The van der Waals surface area contributed by atoms with Gasteiger partial charge in [0.1, 0.15) is 0 Å². The van der Waals surface area contributed by atoms with Crippen molar-refractivity contribution in [2.45, 2.75) is 0 Å². The third-order valence-corrected chi connectivity index (χ3v) is 3.56. The molecule has 0 N–H and O–H groups in total. The summed E-state index contributed by atoms with van der Waals surface area (Å²) in [6.07, 6.45) is -10.8. The van der Waals surface area contributed by atoms with E-state index in [1.54, 1.807) is 0 Å². The zero-order valence-electron chi connectivity index (χ0n) is 10.4. The minimum atomic E-state index is -5.05. The van der Waals surface area contributed by atoms with E-state index in [1.807, 2.05) is 0 Å². The van der Waals surface area contributed by atoms with E-state index in [9.17, 15) is 57.1 Å². The van der Waals surface area contributed by atoms with E-state index in [-0.39, 0.29) is 0 Å². The molecule has 24 heavy (non-hydrogen) atoms. The predicted octanol–water partition coefficient (Wildman–Crippen LogP) is 7.87. The first-order valence-electron chi connectivity index (χ1n) is 4.88. The number of rotatable bonds is 5. The lowest BCUT2D eigenvalue weighted by Crippen LogP contribution is -1.91. The summed E-state index contributed by atoms with van der Waals surface area (Å²) in [4.78, 5) is 0. The van der Waals surface area contributed by atoms with Crippen LogP contribution >= 0.6 is 7.92 Å². The van der Waals surface area contributed by atoms with Gasteiger partial charge in [-0.25, -0.2) is 17.6 Å². The van der Waals surface area contributed by atoms with Crippen molar-refractivity contribution in [3.63, 3.8) is 0 Å². The minimum absolute atomic E-state index is 3.34. The third-order valence-electron chi connectivity index (χ3n) is 1.82. The highest BCUT2D eigenvalue weighted by Crippen LogP contribution is 2.64. The molecule has 0 saturated carbocycles. The first kappa shape index (κ1) is 22.2. The van der Waals surface area contributed by atoms with Gasteiger partial charge in [0.05, 0.1) is 7.92 Å². The first-order valence-corrected chi connectivity index (χ1v) is 6.22. The summed E-state index contributed by atoms with van der Waals surface area (Å²) in [5, 5.41) is 0. The van der Waals surface area contributed by atoms with Gasteiger partial charge < -0.3 is 0 Å². The van der Waals surface area contributed by atoms with E-state index in [1.165, 1.54) is 0 Å². The Morgan fingerprint density at radius 1 is 0.333 bits per heavy atom. The van der Waals surface area contributed by atoms with Crippen LogP contribution in [0.15, 0.2) is 58.3 Å². The molecule has 0 unspecified atom stereocenters. The van der Waals surface area contributed by atoms with Gasteiger partial charge in [0.25, 0.3) is 0 Å². The molecule has 0 spiro atoms. The summed E-state index contributed by atoms with van der Waals surface area (Å²) < 4.78 is 161. The Morgan fingerprint density at radius 3 is 0.833 bits per heavy atom. The second-order valence-electron chi connectivity index (χ2n) is 3.25. The average molecular weight is 398 g/mol. The molecule has 0 radical (unpaired) electrons. The van der Waals surface area contributed by atoms with Crippen molar-refractivity contribution in [2.75, 3.05) is 0 Å². The van der Waals surface area contributed by atoms with E-state index >= 15 is 0 Å². The van der Waals surface area contributed by atoms with Crippen molar-refractivity contribution in [3.05, 3.63) is 58.3 Å². The van der Waals surface area contributed by atoms with Gasteiger partial charge in [-0.05, 0) is 0 Å². The third kappa shape index (κ3) is 5.11. The van der Waals surface area contributed by atoms with Crippen molar-refractivity contribution >= 4 is 7.92 Å². The van der Waals surface area contributed by atoms with Gasteiger partial charge in [0.2, 0.25) is 28.9 Å². The van der Waals surface area contributed by atoms with E-state index in [4.69, 9.17) is 0 Å². The molecule has 0 heterocycles. The highest BCUT2D eigenvalue weighted by atomic mass is 31.1. The molecule has 0 saturated heterocycles. The van der Waals surface area contributed by atoms with Gasteiger partial charge in [0, 0.05) is 0 Å². The van der Waals surface area contributed by atoms with Crippen LogP contribution in [0.2, 0.25) is 0 Å². The molecule has 0 atom stereocenters. The SMILES string of the molecule is FC(F)=C(F)/C(F)=C(\F)P(C(F)=C(F)F)/C(F)=C(\F)C(F)=C(F)F. The first-order chi connectivity index (χ1) is 10.8. The molecule has 0 aromatic carbocycles. The maximum atomic E-state index is 13.3. The van der Waals surface area contributed by atoms with Crippen LogP contribution < -0.4 is 0 Å². The van der Waals surface area contributed by atoms with Crippen molar-refractivity contribution < 1.29 is 57.1 Å². The molecule has 0 rings (SSSR count). The smallest absolute Gasteiger partial charge is 0.202 e. The summed E-state index contributed by atoms with van der Waals surface area (Å²) in [7, 11) is -5.05. The quantitative estimate of drug-likeness (QED) is 0.251. The summed E-state index contributed by atoms with van der Waals surface area (Å²) >= 11 is 0. The molecule has 0 aliphatic rings. The molecule has 0 amide bonds. The Balaban J connectivity index is 6.66. The van der Waals surface area contributed by atoms with Crippen LogP contribution in [0.25, 0.3) is 0 Å². The molecule has 0 aromatic heterocycles. The molecule has 0 fully saturated rings. The van der Waals surface area contributed by atoms with Crippen molar-refractivity contribution in [1.29, 1.82) is 0 Å². The molecule has 0 aliphatic carbocycles. The van der Waals surface area contributed by atoms with Gasteiger partial charge in [0.15, 0.2) is 11.1 Å². The van der Waals surface area contributed by atoms with Crippen molar-refractivity contribution in [3.8, 4) is 0 Å². The van der Waals surface area contributed by atoms with Crippen LogP contribution in [0.4, 0.5) is 57.1 Å². The molecule has 0 nitrogen and oxygen atoms in total. The summed E-state index contributed by atoms with van der Waals surface area (Å²) in [6.45, 7) is 0. The molecule has 14 heteroatoms. The van der Waals surface area contributed by atoms with Crippen LogP contribution in [0.5, 0.6) is 0 Å². The zero-order chi connectivity index (χ0) is 19.4. The molecule has 136 valence electrons. The predicted molar refractivity (Wildman–Crippen MR) is 56.5 cm³/mol. The number of allylic oxidation sites excluding steroid dienone is 4. The molecular weight excluding hydrogens is 398 g/mol. The summed E-state index contributed by atoms with van der Waals surface area (Å²) in [6, 6.07) is 0. The van der Waals surface area contributed by atoms with Gasteiger partial charge >= 0.3 is 18.2 Å². The topological polar surface area (TPSA) is 0 Å². The highest BCUT2D eigenvalue weighted by Gasteiger charge is 2.37. The number of hydrogen-bond acceptors (Lipinski definition) is 0. The van der Waals surface area contributed by atoms with E-state index in [0.29, 0.717) is 0 Å². The normalized spacial score (nSPS) is 13.2. The molecule has 0 bridgehead atoms. The molecule has 0 aromatic rings. The van der Waals surface area contributed by atoms with Crippen LogP contribution in [0.3, 0.4) is 0 Å². The fraction of sp³-hybridized carbons (Fsp3) is 0. The second kappa shape index (κ2) is 8.90. The van der Waals surface area contributed by atoms with Gasteiger partial charge in [-0.15, -0.1) is 0 Å². The Morgan fingerprint density at radius 2 is 0.625 bits per heavy atom. The van der Waals surface area contributed by atoms with Gasteiger partial charge in [-0.3, -0.25) is 0 Å². The monoisotopic (exact) mass is 398 g/mol.